The highest BCUT2D eigenvalue weighted by Crippen LogP contribution is 2.47. The maximum Gasteiger partial charge on any atom is 0.113 e. The van der Waals surface area contributed by atoms with E-state index in [9.17, 15) is 5.11 Å². The largest absolute Gasteiger partial charge is 0.383 e. The van der Waals surface area contributed by atoms with Crippen LogP contribution in [0.25, 0.3) is 0 Å². The van der Waals surface area contributed by atoms with Gasteiger partial charge in [0, 0.05) is 16.8 Å². The molecule has 3 heteroatoms. The third kappa shape index (κ3) is 1.99. The Morgan fingerprint density at radius 3 is 2.72 bits per heavy atom. The monoisotopic (exact) mass is 259 g/mol. The van der Waals surface area contributed by atoms with Gasteiger partial charge in [0.2, 0.25) is 0 Å². The van der Waals surface area contributed by atoms with E-state index in [0.29, 0.717) is 6.54 Å². The van der Waals surface area contributed by atoms with E-state index in [2.05, 4.69) is 12.1 Å². The van der Waals surface area contributed by atoms with Gasteiger partial charge in [0.1, 0.15) is 6.10 Å². The lowest BCUT2D eigenvalue weighted by Gasteiger charge is -2.16. The van der Waals surface area contributed by atoms with Crippen LogP contribution < -0.4 is 5.73 Å². The molecule has 0 radical (unpaired) electrons. The number of hydrogen-bond acceptors (Lipinski definition) is 3. The van der Waals surface area contributed by atoms with E-state index in [1.807, 2.05) is 29.6 Å². The molecular weight excluding hydrogens is 242 g/mol. The van der Waals surface area contributed by atoms with E-state index in [1.165, 1.54) is 18.4 Å². The fourth-order valence-electron chi connectivity index (χ4n) is 2.41. The van der Waals surface area contributed by atoms with Crippen molar-refractivity contribution in [1.82, 2.24) is 0 Å². The maximum absolute atomic E-state index is 10.3. The fourth-order valence-corrected chi connectivity index (χ4v) is 3.15. The third-order valence-corrected chi connectivity index (χ3v) is 4.80. The minimum Gasteiger partial charge on any atom is -0.383 e. The Kier molecular flexibility index (Phi) is 2.98. The summed E-state index contributed by atoms with van der Waals surface area (Å²) in [5, 5.41) is 12.3. The summed E-state index contributed by atoms with van der Waals surface area (Å²) in [6.07, 6.45) is 1.82. The molecule has 1 aromatic heterocycles. The lowest BCUT2D eigenvalue weighted by atomic mass is 9.93. The van der Waals surface area contributed by atoms with Gasteiger partial charge in [-0.25, -0.2) is 0 Å². The molecule has 1 heterocycles. The van der Waals surface area contributed by atoms with Gasteiger partial charge < -0.3 is 10.8 Å². The van der Waals surface area contributed by atoms with Gasteiger partial charge in [0.25, 0.3) is 0 Å². The summed E-state index contributed by atoms with van der Waals surface area (Å²) < 4.78 is 0. The van der Waals surface area contributed by atoms with Crippen molar-refractivity contribution in [2.24, 2.45) is 5.73 Å². The Balaban J connectivity index is 1.92. The average Bonchev–Trinajstić information content (AvgIpc) is 3.04. The molecule has 1 atom stereocenters. The van der Waals surface area contributed by atoms with Crippen molar-refractivity contribution >= 4 is 11.3 Å². The van der Waals surface area contributed by atoms with Crippen LogP contribution in [0.1, 0.15) is 34.9 Å². The van der Waals surface area contributed by atoms with E-state index in [0.717, 1.165) is 10.4 Å². The van der Waals surface area contributed by atoms with E-state index in [1.54, 1.807) is 11.3 Å². The summed E-state index contributed by atoms with van der Waals surface area (Å²) in [6.45, 7) is 0.700. The molecule has 1 unspecified atom stereocenters. The molecule has 94 valence electrons. The fraction of sp³-hybridized carbons (Fsp3) is 0.333. The lowest BCUT2D eigenvalue weighted by Crippen LogP contribution is -2.19. The van der Waals surface area contributed by atoms with Crippen LogP contribution in [0, 0.1) is 0 Å². The van der Waals surface area contributed by atoms with Gasteiger partial charge in [-0.05, 0) is 35.4 Å². The molecule has 0 bridgehead atoms. The third-order valence-electron chi connectivity index (χ3n) is 3.87. The summed E-state index contributed by atoms with van der Waals surface area (Å²) >= 11 is 1.59. The van der Waals surface area contributed by atoms with Crippen molar-refractivity contribution in [2.75, 3.05) is 6.54 Å². The van der Waals surface area contributed by atoms with E-state index < -0.39 is 6.10 Å². The van der Waals surface area contributed by atoms with Gasteiger partial charge in [-0.15, -0.1) is 11.3 Å². The SMILES string of the molecule is NCC1(c2cccc(C(O)c3cccs3)c2)CC1. The summed E-state index contributed by atoms with van der Waals surface area (Å²) in [5.41, 5.74) is 8.29. The molecule has 2 aromatic rings. The Hall–Kier alpha value is -1.16. The van der Waals surface area contributed by atoms with Crippen LogP contribution in [0.2, 0.25) is 0 Å². The van der Waals surface area contributed by atoms with Gasteiger partial charge in [0.15, 0.2) is 0 Å². The first-order valence-corrected chi connectivity index (χ1v) is 7.15. The Bertz CT molecular complexity index is 531. The van der Waals surface area contributed by atoms with Crippen molar-refractivity contribution in [3.05, 3.63) is 57.8 Å². The van der Waals surface area contributed by atoms with E-state index in [-0.39, 0.29) is 5.41 Å². The van der Waals surface area contributed by atoms with Gasteiger partial charge in [0.05, 0.1) is 0 Å². The number of benzene rings is 1. The van der Waals surface area contributed by atoms with Crippen LogP contribution in [0.5, 0.6) is 0 Å². The highest BCUT2D eigenvalue weighted by molar-refractivity contribution is 7.10. The smallest absolute Gasteiger partial charge is 0.113 e. The van der Waals surface area contributed by atoms with E-state index in [4.69, 9.17) is 5.73 Å². The standard InChI is InChI=1S/C15H17NOS/c16-10-15(6-7-15)12-4-1-3-11(9-12)14(17)13-5-2-8-18-13/h1-5,8-9,14,17H,6-7,10,16H2. The predicted octanol–water partition coefficient (Wildman–Crippen LogP) is 2.82. The second-order valence-electron chi connectivity index (χ2n) is 5.03. The molecule has 3 rings (SSSR count). The molecule has 0 aliphatic heterocycles. The zero-order valence-corrected chi connectivity index (χ0v) is 11.0. The molecule has 2 nitrogen and oxygen atoms in total. The molecule has 0 spiro atoms. The number of aliphatic hydroxyl groups excluding tert-OH is 1. The first-order valence-electron chi connectivity index (χ1n) is 6.27. The molecule has 1 aliphatic carbocycles. The van der Waals surface area contributed by atoms with Crippen molar-refractivity contribution in [3.8, 4) is 0 Å². The quantitative estimate of drug-likeness (QED) is 0.887. The number of rotatable bonds is 4. The van der Waals surface area contributed by atoms with Crippen LogP contribution >= 0.6 is 11.3 Å². The molecule has 1 fully saturated rings. The van der Waals surface area contributed by atoms with Crippen LogP contribution in [0.4, 0.5) is 0 Å². The molecule has 1 aromatic carbocycles. The zero-order valence-electron chi connectivity index (χ0n) is 10.2. The van der Waals surface area contributed by atoms with Crippen molar-refractivity contribution in [3.63, 3.8) is 0 Å². The number of hydrogen-bond donors (Lipinski definition) is 2. The maximum atomic E-state index is 10.3. The molecule has 3 N–H and O–H groups in total. The lowest BCUT2D eigenvalue weighted by molar-refractivity contribution is 0.224. The molecule has 0 saturated heterocycles. The molecule has 18 heavy (non-hydrogen) atoms. The Labute approximate surface area is 111 Å². The van der Waals surface area contributed by atoms with Crippen molar-refractivity contribution in [2.45, 2.75) is 24.4 Å². The number of thiophene rings is 1. The van der Waals surface area contributed by atoms with Gasteiger partial charge in [-0.2, -0.15) is 0 Å². The highest BCUT2D eigenvalue weighted by atomic mass is 32.1. The Morgan fingerprint density at radius 1 is 1.28 bits per heavy atom. The van der Waals surface area contributed by atoms with Crippen LogP contribution in [0.3, 0.4) is 0 Å². The minimum atomic E-state index is -0.515. The molecule has 0 amide bonds. The van der Waals surface area contributed by atoms with Crippen LogP contribution in [-0.2, 0) is 5.41 Å². The molecular formula is C15H17NOS. The van der Waals surface area contributed by atoms with Crippen LogP contribution in [-0.4, -0.2) is 11.7 Å². The second kappa shape index (κ2) is 4.50. The summed E-state index contributed by atoms with van der Waals surface area (Å²) in [6, 6.07) is 12.2. The number of aliphatic hydroxyl groups is 1. The van der Waals surface area contributed by atoms with Crippen molar-refractivity contribution < 1.29 is 5.11 Å². The zero-order chi connectivity index (χ0) is 12.6. The first kappa shape index (κ1) is 11.9. The summed E-state index contributed by atoms with van der Waals surface area (Å²) in [7, 11) is 0. The van der Waals surface area contributed by atoms with E-state index >= 15 is 0 Å². The first-order chi connectivity index (χ1) is 8.75. The summed E-state index contributed by atoms with van der Waals surface area (Å²) in [4.78, 5) is 0.991. The normalized spacial score (nSPS) is 18.6. The van der Waals surface area contributed by atoms with Crippen LogP contribution in [0.15, 0.2) is 41.8 Å². The minimum absolute atomic E-state index is 0.186. The van der Waals surface area contributed by atoms with Gasteiger partial charge in [-0.3, -0.25) is 0 Å². The van der Waals surface area contributed by atoms with Crippen molar-refractivity contribution in [1.29, 1.82) is 0 Å². The molecule has 1 saturated carbocycles. The predicted molar refractivity (Wildman–Crippen MR) is 74.8 cm³/mol. The van der Waals surface area contributed by atoms with Gasteiger partial charge in [-0.1, -0.05) is 30.3 Å². The highest BCUT2D eigenvalue weighted by Gasteiger charge is 2.42. The topological polar surface area (TPSA) is 46.2 Å². The number of nitrogens with two attached hydrogens (primary N) is 1. The summed E-state index contributed by atoms with van der Waals surface area (Å²) in [5.74, 6) is 0. The average molecular weight is 259 g/mol. The van der Waals surface area contributed by atoms with Gasteiger partial charge >= 0.3 is 0 Å². The second-order valence-corrected chi connectivity index (χ2v) is 6.01. The molecule has 1 aliphatic rings. The Morgan fingerprint density at radius 2 is 2.11 bits per heavy atom.